The molecule has 1 saturated heterocycles. The number of sulfonamides is 1. The summed E-state index contributed by atoms with van der Waals surface area (Å²) >= 11 is 6.18. The third-order valence-corrected chi connectivity index (χ3v) is 8.09. The molecule has 1 N–H and O–H groups in total. The summed E-state index contributed by atoms with van der Waals surface area (Å²) in [5, 5.41) is 3.24. The Labute approximate surface area is 217 Å². The average molecular weight is 528 g/mol. The van der Waals surface area contributed by atoms with Crippen LogP contribution in [0.25, 0.3) is 0 Å². The van der Waals surface area contributed by atoms with Gasteiger partial charge >= 0.3 is 0 Å². The third kappa shape index (κ3) is 6.64. The van der Waals surface area contributed by atoms with Crippen molar-refractivity contribution in [1.82, 2.24) is 10.2 Å². The molecule has 1 fully saturated rings. The SMILES string of the molecule is Cc1ccc(Cl)cc1N(CC(=O)NCc1ccc(CN2CCOCC2)cc1)S(=O)(=O)c1ccccc1. The van der Waals surface area contributed by atoms with E-state index in [1.165, 1.54) is 17.7 Å². The van der Waals surface area contributed by atoms with Gasteiger partial charge in [-0.3, -0.25) is 14.0 Å². The summed E-state index contributed by atoms with van der Waals surface area (Å²) < 4.78 is 33.5. The Bertz CT molecular complexity index is 1280. The molecule has 190 valence electrons. The number of ether oxygens (including phenoxy) is 1. The van der Waals surface area contributed by atoms with Gasteiger partial charge in [-0.15, -0.1) is 0 Å². The van der Waals surface area contributed by atoms with Crippen LogP contribution in [0.15, 0.2) is 77.7 Å². The molecule has 0 radical (unpaired) electrons. The Balaban J connectivity index is 1.45. The minimum absolute atomic E-state index is 0.105. The fraction of sp³-hybridized carbons (Fsp3) is 0.296. The first-order valence-electron chi connectivity index (χ1n) is 11.8. The van der Waals surface area contributed by atoms with Gasteiger partial charge < -0.3 is 10.1 Å². The van der Waals surface area contributed by atoms with Crippen LogP contribution in [0.4, 0.5) is 5.69 Å². The van der Waals surface area contributed by atoms with Crippen molar-refractivity contribution in [3.8, 4) is 0 Å². The standard InChI is InChI=1S/C27H30ClN3O4S/c1-21-7-12-24(28)17-26(21)31(36(33,34)25-5-3-2-4-6-25)20-27(32)29-18-22-8-10-23(11-9-22)19-30-13-15-35-16-14-30/h2-12,17H,13-16,18-20H2,1H3,(H,29,32). The van der Waals surface area contributed by atoms with Gasteiger partial charge in [-0.05, 0) is 47.9 Å². The maximum Gasteiger partial charge on any atom is 0.264 e. The quantitative estimate of drug-likeness (QED) is 0.455. The Morgan fingerprint density at radius 3 is 2.36 bits per heavy atom. The second-order valence-electron chi connectivity index (χ2n) is 8.74. The molecule has 9 heteroatoms. The molecule has 7 nitrogen and oxygen atoms in total. The smallest absolute Gasteiger partial charge is 0.264 e. The summed E-state index contributed by atoms with van der Waals surface area (Å²) in [7, 11) is -3.99. The molecule has 36 heavy (non-hydrogen) atoms. The Morgan fingerprint density at radius 1 is 1.00 bits per heavy atom. The lowest BCUT2D eigenvalue weighted by atomic mass is 10.1. The molecule has 0 saturated carbocycles. The number of nitrogens with one attached hydrogen (secondary N) is 1. The molecule has 0 spiro atoms. The number of anilines is 1. The second kappa shape index (κ2) is 11.9. The van der Waals surface area contributed by atoms with Gasteiger partial charge in [0.1, 0.15) is 6.54 Å². The maximum atomic E-state index is 13.5. The van der Waals surface area contributed by atoms with E-state index in [1.54, 1.807) is 43.3 Å². The van der Waals surface area contributed by atoms with Crippen LogP contribution >= 0.6 is 11.6 Å². The highest BCUT2D eigenvalue weighted by atomic mass is 35.5. The zero-order valence-electron chi connectivity index (χ0n) is 20.2. The number of hydrogen-bond donors (Lipinski definition) is 1. The number of halogens is 1. The zero-order chi connectivity index (χ0) is 25.5. The fourth-order valence-corrected chi connectivity index (χ4v) is 5.70. The van der Waals surface area contributed by atoms with Crippen molar-refractivity contribution in [2.24, 2.45) is 0 Å². The number of carbonyl (C=O) groups is 1. The molecule has 1 aliphatic rings. The maximum absolute atomic E-state index is 13.5. The lowest BCUT2D eigenvalue weighted by Crippen LogP contribution is -2.41. The number of hydrogen-bond acceptors (Lipinski definition) is 5. The second-order valence-corrected chi connectivity index (χ2v) is 11.0. The first-order chi connectivity index (χ1) is 17.3. The normalized spacial score (nSPS) is 14.4. The number of nitrogens with zero attached hydrogens (tertiary/aromatic N) is 2. The van der Waals surface area contributed by atoms with Crippen LogP contribution in [0.1, 0.15) is 16.7 Å². The van der Waals surface area contributed by atoms with Gasteiger partial charge in [0.05, 0.1) is 23.8 Å². The lowest BCUT2D eigenvalue weighted by Gasteiger charge is -2.26. The van der Waals surface area contributed by atoms with Crippen LogP contribution in [-0.4, -0.2) is 52.1 Å². The van der Waals surface area contributed by atoms with E-state index in [4.69, 9.17) is 16.3 Å². The van der Waals surface area contributed by atoms with E-state index in [2.05, 4.69) is 22.3 Å². The molecule has 0 atom stereocenters. The molecule has 0 bridgehead atoms. The van der Waals surface area contributed by atoms with E-state index >= 15 is 0 Å². The highest BCUT2D eigenvalue weighted by Crippen LogP contribution is 2.29. The Kier molecular flexibility index (Phi) is 8.64. The van der Waals surface area contributed by atoms with Gasteiger partial charge in [-0.25, -0.2) is 8.42 Å². The molecule has 0 unspecified atom stereocenters. The van der Waals surface area contributed by atoms with Crippen molar-refractivity contribution in [2.75, 3.05) is 37.2 Å². The number of rotatable bonds is 9. The van der Waals surface area contributed by atoms with Crippen molar-refractivity contribution >= 4 is 33.2 Å². The fourth-order valence-electron chi connectivity index (χ4n) is 4.04. The van der Waals surface area contributed by atoms with E-state index in [9.17, 15) is 13.2 Å². The summed E-state index contributed by atoms with van der Waals surface area (Å²) in [4.78, 5) is 15.4. The number of carbonyl (C=O) groups excluding carboxylic acids is 1. The molecule has 0 aliphatic carbocycles. The highest BCUT2D eigenvalue weighted by Gasteiger charge is 2.28. The van der Waals surface area contributed by atoms with Crippen LogP contribution in [0.3, 0.4) is 0 Å². The van der Waals surface area contributed by atoms with Crippen molar-refractivity contribution < 1.29 is 17.9 Å². The van der Waals surface area contributed by atoms with Gasteiger partial charge in [0.2, 0.25) is 5.91 Å². The highest BCUT2D eigenvalue weighted by molar-refractivity contribution is 7.92. The van der Waals surface area contributed by atoms with Crippen molar-refractivity contribution in [3.63, 3.8) is 0 Å². The Hall–Kier alpha value is -2.91. The van der Waals surface area contributed by atoms with Crippen LogP contribution in [0, 0.1) is 6.92 Å². The van der Waals surface area contributed by atoms with Crippen molar-refractivity contribution in [3.05, 3.63) is 94.5 Å². The molecule has 3 aromatic carbocycles. The molecule has 1 aliphatic heterocycles. The van der Waals surface area contributed by atoms with Crippen molar-refractivity contribution in [2.45, 2.75) is 24.9 Å². The van der Waals surface area contributed by atoms with Gasteiger partial charge in [-0.2, -0.15) is 0 Å². The third-order valence-electron chi connectivity index (χ3n) is 6.08. The molecule has 1 heterocycles. The molecule has 1 amide bonds. The number of morpholine rings is 1. The topological polar surface area (TPSA) is 79.0 Å². The van der Waals surface area contributed by atoms with Gasteiger partial charge in [-0.1, -0.05) is 60.1 Å². The summed E-state index contributed by atoms with van der Waals surface area (Å²) in [5.74, 6) is -0.411. The number of benzene rings is 3. The van der Waals surface area contributed by atoms with Gasteiger partial charge in [0.25, 0.3) is 10.0 Å². The molecule has 0 aromatic heterocycles. The van der Waals surface area contributed by atoms with E-state index < -0.39 is 15.9 Å². The zero-order valence-corrected chi connectivity index (χ0v) is 21.8. The summed E-state index contributed by atoms with van der Waals surface area (Å²) in [6.45, 7) is 5.94. The van der Waals surface area contributed by atoms with Crippen LogP contribution in [0.5, 0.6) is 0 Å². The van der Waals surface area contributed by atoms with Crippen LogP contribution < -0.4 is 9.62 Å². The van der Waals surface area contributed by atoms with E-state index in [1.807, 2.05) is 12.1 Å². The first kappa shape index (κ1) is 26.2. The largest absolute Gasteiger partial charge is 0.379 e. The summed E-state index contributed by atoms with van der Waals surface area (Å²) in [6.07, 6.45) is 0. The first-order valence-corrected chi connectivity index (χ1v) is 13.6. The van der Waals surface area contributed by atoms with Gasteiger partial charge in [0.15, 0.2) is 0 Å². The minimum atomic E-state index is -3.99. The molecular weight excluding hydrogens is 498 g/mol. The lowest BCUT2D eigenvalue weighted by molar-refractivity contribution is -0.119. The summed E-state index contributed by atoms with van der Waals surface area (Å²) in [5.41, 5.74) is 3.20. The number of aryl methyl sites for hydroxylation is 1. The van der Waals surface area contributed by atoms with Gasteiger partial charge in [0, 0.05) is 31.2 Å². The Morgan fingerprint density at radius 2 is 1.67 bits per heavy atom. The van der Waals surface area contributed by atoms with Crippen LogP contribution in [-0.2, 0) is 32.6 Å². The molecular formula is C27H30ClN3O4S. The monoisotopic (exact) mass is 527 g/mol. The van der Waals surface area contributed by atoms with Crippen molar-refractivity contribution in [1.29, 1.82) is 0 Å². The molecule has 4 rings (SSSR count). The summed E-state index contributed by atoms with van der Waals surface area (Å²) in [6, 6.07) is 21.1. The predicted octanol–water partition coefficient (Wildman–Crippen LogP) is 3.99. The van der Waals surface area contributed by atoms with E-state index in [0.29, 0.717) is 22.8 Å². The van der Waals surface area contributed by atoms with E-state index in [-0.39, 0.29) is 11.4 Å². The number of amides is 1. The average Bonchev–Trinajstić information content (AvgIpc) is 2.89. The van der Waals surface area contributed by atoms with Crippen LogP contribution in [0.2, 0.25) is 5.02 Å². The predicted molar refractivity (Wildman–Crippen MR) is 142 cm³/mol. The minimum Gasteiger partial charge on any atom is -0.379 e. The van der Waals surface area contributed by atoms with E-state index in [0.717, 1.165) is 42.7 Å². The molecule has 3 aromatic rings.